The minimum Gasteiger partial charge on any atom is -0.390 e. The number of carbonyl (C=O) groups is 1. The van der Waals surface area contributed by atoms with Crippen LogP contribution in [0.15, 0.2) is 18.2 Å². The standard InChI is InChI=1S/C27H34ClN3O2/c1-26-11-9-15-16-10-12-27(33)13-21(27)18(16)6-5-17(15)19(26)7-8-20(26)24(32)14-31-23-4-2-3-22(28)25(23)29-30-31/h2-4,15-21,33H,5-14H2,1H3/t15-,16-,17-,18+,19+,20-,21?,26+,27+/m1/s1. The number of Topliss-reactive ketones (excluding diaryl/α,β-unsaturated/α-hetero) is 1. The van der Waals surface area contributed by atoms with Crippen LogP contribution in [-0.4, -0.2) is 31.5 Å². The van der Waals surface area contributed by atoms with Gasteiger partial charge in [-0.25, -0.2) is 4.68 Å². The lowest BCUT2D eigenvalue weighted by Gasteiger charge is -2.56. The van der Waals surface area contributed by atoms with E-state index >= 15 is 0 Å². The molecule has 5 nitrogen and oxygen atoms in total. The molecule has 1 heterocycles. The number of hydrogen-bond donors (Lipinski definition) is 1. The van der Waals surface area contributed by atoms with Gasteiger partial charge in [-0.15, -0.1) is 5.10 Å². The number of hydrogen-bond acceptors (Lipinski definition) is 4. The fourth-order valence-electron chi connectivity index (χ4n) is 9.55. The first kappa shape index (κ1) is 20.9. The number of rotatable bonds is 3. The molecule has 0 amide bonds. The molecule has 5 aliphatic rings. The molecular weight excluding hydrogens is 434 g/mol. The van der Waals surface area contributed by atoms with Crippen LogP contribution in [-0.2, 0) is 11.3 Å². The molecule has 33 heavy (non-hydrogen) atoms. The summed E-state index contributed by atoms with van der Waals surface area (Å²) in [6.45, 7) is 2.72. The van der Waals surface area contributed by atoms with E-state index in [1.165, 1.54) is 38.5 Å². The van der Waals surface area contributed by atoms with Gasteiger partial charge >= 0.3 is 0 Å². The summed E-state index contributed by atoms with van der Waals surface area (Å²) in [5.74, 6) is 4.89. The Morgan fingerprint density at radius 1 is 1.06 bits per heavy atom. The van der Waals surface area contributed by atoms with E-state index in [0.29, 0.717) is 34.7 Å². The molecule has 2 aromatic rings. The Bertz CT molecular complexity index is 1130. The monoisotopic (exact) mass is 467 g/mol. The number of halogens is 1. The second-order valence-corrected chi connectivity index (χ2v) is 12.7. The summed E-state index contributed by atoms with van der Waals surface area (Å²) < 4.78 is 1.75. The van der Waals surface area contributed by atoms with Crippen molar-refractivity contribution in [1.29, 1.82) is 0 Å². The first-order valence-electron chi connectivity index (χ1n) is 13.1. The minimum absolute atomic E-state index is 0.119. The highest BCUT2D eigenvalue weighted by Crippen LogP contribution is 2.68. The van der Waals surface area contributed by atoms with Gasteiger partial charge in [0.25, 0.3) is 0 Å². The van der Waals surface area contributed by atoms with Crippen LogP contribution >= 0.6 is 11.6 Å². The highest BCUT2D eigenvalue weighted by Gasteiger charge is 2.65. The number of ketones is 1. The van der Waals surface area contributed by atoms with Gasteiger partial charge in [-0.05, 0) is 111 Å². The summed E-state index contributed by atoms with van der Waals surface area (Å²) in [6, 6.07) is 5.66. The third kappa shape index (κ3) is 2.90. The van der Waals surface area contributed by atoms with Crippen molar-refractivity contribution in [2.45, 2.75) is 76.9 Å². The largest absolute Gasteiger partial charge is 0.390 e. The number of aromatic nitrogens is 3. The highest BCUT2D eigenvalue weighted by atomic mass is 35.5. The Hall–Kier alpha value is -1.46. The van der Waals surface area contributed by atoms with E-state index in [0.717, 1.165) is 48.5 Å². The van der Waals surface area contributed by atoms with Crippen molar-refractivity contribution in [1.82, 2.24) is 15.0 Å². The lowest BCUT2D eigenvalue weighted by molar-refractivity contribution is -0.131. The third-order valence-electron chi connectivity index (χ3n) is 11.1. The first-order valence-corrected chi connectivity index (χ1v) is 13.5. The molecule has 5 fully saturated rings. The summed E-state index contributed by atoms with van der Waals surface area (Å²) in [4.78, 5) is 13.6. The molecule has 5 aliphatic carbocycles. The second-order valence-electron chi connectivity index (χ2n) is 12.3. The van der Waals surface area contributed by atoms with Gasteiger partial charge in [0.05, 0.1) is 16.1 Å². The van der Waals surface area contributed by atoms with Gasteiger partial charge in [0, 0.05) is 5.92 Å². The molecule has 0 radical (unpaired) electrons. The van der Waals surface area contributed by atoms with E-state index in [4.69, 9.17) is 11.6 Å². The molecule has 0 saturated heterocycles. The smallest absolute Gasteiger partial charge is 0.157 e. The normalized spacial score (nSPS) is 45.7. The molecule has 1 unspecified atom stereocenters. The molecule has 1 aromatic heterocycles. The molecule has 7 rings (SSSR count). The topological polar surface area (TPSA) is 68.0 Å². The van der Waals surface area contributed by atoms with E-state index < -0.39 is 0 Å². The fourth-order valence-corrected chi connectivity index (χ4v) is 9.75. The van der Waals surface area contributed by atoms with Crippen LogP contribution < -0.4 is 0 Å². The van der Waals surface area contributed by atoms with Crippen LogP contribution in [0.4, 0.5) is 0 Å². The van der Waals surface area contributed by atoms with Crippen molar-refractivity contribution in [2.24, 2.45) is 46.8 Å². The van der Waals surface area contributed by atoms with Gasteiger partial charge in [-0.3, -0.25) is 4.79 Å². The molecule has 1 aromatic carbocycles. The number of fused-ring (bicyclic) bond motifs is 8. The molecule has 9 atom stereocenters. The van der Waals surface area contributed by atoms with Gasteiger partial charge in [0.2, 0.25) is 0 Å². The maximum Gasteiger partial charge on any atom is 0.157 e. The zero-order valence-corrected chi connectivity index (χ0v) is 20.2. The summed E-state index contributed by atoms with van der Waals surface area (Å²) in [5.41, 5.74) is 1.34. The second kappa shape index (κ2) is 7.04. The lowest BCUT2D eigenvalue weighted by atomic mass is 9.49. The van der Waals surface area contributed by atoms with Crippen LogP contribution in [0, 0.1) is 46.8 Å². The van der Waals surface area contributed by atoms with Crippen LogP contribution in [0.5, 0.6) is 0 Å². The number of aliphatic hydroxyl groups is 1. The van der Waals surface area contributed by atoms with Gasteiger partial charge in [-0.1, -0.05) is 29.8 Å². The zero-order chi connectivity index (χ0) is 22.5. The Morgan fingerprint density at radius 2 is 1.82 bits per heavy atom. The predicted molar refractivity (Wildman–Crippen MR) is 127 cm³/mol. The number of nitrogens with zero attached hydrogens (tertiary/aromatic N) is 3. The molecule has 6 heteroatoms. The van der Waals surface area contributed by atoms with Crippen LogP contribution in [0.1, 0.15) is 64.7 Å². The maximum atomic E-state index is 13.6. The number of benzene rings is 1. The Morgan fingerprint density at radius 3 is 2.64 bits per heavy atom. The van der Waals surface area contributed by atoms with Crippen molar-refractivity contribution < 1.29 is 9.90 Å². The zero-order valence-electron chi connectivity index (χ0n) is 19.4. The van der Waals surface area contributed by atoms with E-state index in [1.54, 1.807) is 4.68 Å². The van der Waals surface area contributed by atoms with Crippen molar-refractivity contribution in [3.05, 3.63) is 23.2 Å². The fraction of sp³-hybridized carbons (Fsp3) is 0.741. The van der Waals surface area contributed by atoms with E-state index in [1.807, 2.05) is 18.2 Å². The van der Waals surface area contributed by atoms with Crippen molar-refractivity contribution in [3.63, 3.8) is 0 Å². The molecule has 0 aliphatic heterocycles. The molecule has 0 spiro atoms. The third-order valence-corrected chi connectivity index (χ3v) is 11.5. The quantitative estimate of drug-likeness (QED) is 0.666. The average molecular weight is 468 g/mol. The Kier molecular flexibility index (Phi) is 4.45. The van der Waals surface area contributed by atoms with Gasteiger partial charge in [-0.2, -0.15) is 0 Å². The molecule has 5 saturated carbocycles. The van der Waals surface area contributed by atoms with Crippen LogP contribution in [0.3, 0.4) is 0 Å². The first-order chi connectivity index (χ1) is 15.9. The molecule has 1 N–H and O–H groups in total. The summed E-state index contributed by atoms with van der Waals surface area (Å²) >= 11 is 6.27. The lowest BCUT2D eigenvalue weighted by Crippen LogP contribution is -2.50. The molecular formula is C27H34ClN3O2. The maximum absolute atomic E-state index is 13.6. The summed E-state index contributed by atoms with van der Waals surface area (Å²) in [7, 11) is 0. The van der Waals surface area contributed by atoms with Crippen molar-refractivity contribution >= 4 is 28.4 Å². The van der Waals surface area contributed by atoms with Crippen molar-refractivity contribution in [3.8, 4) is 0 Å². The Labute approximate surface area is 200 Å². The van der Waals surface area contributed by atoms with Gasteiger partial charge in [0.15, 0.2) is 5.78 Å². The summed E-state index contributed by atoms with van der Waals surface area (Å²) in [6.07, 6.45) is 10.6. The Balaban J connectivity index is 1.11. The minimum atomic E-state index is -0.294. The average Bonchev–Trinajstić information content (AvgIpc) is 3.14. The van der Waals surface area contributed by atoms with Crippen LogP contribution in [0.2, 0.25) is 5.02 Å². The highest BCUT2D eigenvalue weighted by molar-refractivity contribution is 6.34. The molecule has 0 bridgehead atoms. The van der Waals surface area contributed by atoms with E-state index in [-0.39, 0.29) is 16.9 Å². The SMILES string of the molecule is C[C@]12CC[C@@H]3[C@H]4CC[C@]5(O)CC5[C@H]4CC[C@H]3[C@@H]1CC[C@@H]2C(=O)Cn1nnc2c(Cl)cccc21. The van der Waals surface area contributed by atoms with Crippen LogP contribution in [0.25, 0.3) is 11.0 Å². The predicted octanol–water partition coefficient (Wildman–Crippen LogP) is 5.28. The van der Waals surface area contributed by atoms with Gasteiger partial charge < -0.3 is 5.11 Å². The number of carbonyl (C=O) groups excluding carboxylic acids is 1. The van der Waals surface area contributed by atoms with Crippen molar-refractivity contribution in [2.75, 3.05) is 0 Å². The molecule has 176 valence electrons. The van der Waals surface area contributed by atoms with E-state index in [9.17, 15) is 9.90 Å². The summed E-state index contributed by atoms with van der Waals surface area (Å²) in [5, 5.41) is 19.8. The van der Waals surface area contributed by atoms with Gasteiger partial charge in [0.1, 0.15) is 12.1 Å². The van der Waals surface area contributed by atoms with E-state index in [2.05, 4.69) is 17.2 Å².